The summed E-state index contributed by atoms with van der Waals surface area (Å²) in [5.74, 6) is -0.0607. The van der Waals surface area contributed by atoms with Gasteiger partial charge < -0.3 is 10.4 Å². The van der Waals surface area contributed by atoms with Gasteiger partial charge in [0, 0.05) is 13.1 Å². The summed E-state index contributed by atoms with van der Waals surface area (Å²) in [4.78, 5) is 28.3. The Hall–Kier alpha value is -1.14. The Morgan fingerprint density at radius 2 is 1.86 bits per heavy atom. The van der Waals surface area contributed by atoms with Crippen LogP contribution in [-0.4, -0.2) is 58.2 Å². The number of hydrogen-bond acceptors (Lipinski definition) is 4. The molecule has 3 amide bonds. The summed E-state index contributed by atoms with van der Waals surface area (Å²) in [5, 5.41) is 12.7. The Kier molecular flexibility index (Phi) is 4.17. The molecule has 3 fully saturated rings. The lowest BCUT2D eigenvalue weighted by Crippen LogP contribution is -2.49. The lowest BCUT2D eigenvalue weighted by Gasteiger charge is -2.32. The maximum Gasteiger partial charge on any atom is 0.326 e. The van der Waals surface area contributed by atoms with E-state index in [9.17, 15) is 14.7 Å². The molecule has 2 aliphatic heterocycles. The summed E-state index contributed by atoms with van der Waals surface area (Å²) in [7, 11) is 0. The number of urea groups is 1. The second kappa shape index (κ2) is 5.93. The third-order valence-electron chi connectivity index (χ3n) is 5.03. The molecule has 0 unspecified atom stereocenters. The molecule has 118 valence electrons. The van der Waals surface area contributed by atoms with Crippen molar-refractivity contribution >= 4 is 11.9 Å². The number of likely N-dealkylation sites (tertiary alicyclic amines) is 1. The minimum absolute atomic E-state index is 0.0607. The Morgan fingerprint density at radius 3 is 2.52 bits per heavy atom. The average Bonchev–Trinajstić information content (AvgIpc) is 2.63. The molecule has 1 atom stereocenters. The quantitative estimate of drug-likeness (QED) is 0.747. The van der Waals surface area contributed by atoms with E-state index < -0.39 is 5.54 Å². The van der Waals surface area contributed by atoms with E-state index in [2.05, 4.69) is 5.32 Å². The number of piperidine rings is 1. The van der Waals surface area contributed by atoms with E-state index in [0.29, 0.717) is 13.2 Å². The van der Waals surface area contributed by atoms with E-state index in [-0.39, 0.29) is 18.0 Å². The number of imide groups is 1. The van der Waals surface area contributed by atoms with Gasteiger partial charge in [-0.1, -0.05) is 25.7 Å². The number of nitrogens with zero attached hydrogens (tertiary/aromatic N) is 2. The van der Waals surface area contributed by atoms with Crippen molar-refractivity contribution in [2.75, 3.05) is 19.8 Å². The smallest absolute Gasteiger partial charge is 0.326 e. The molecule has 21 heavy (non-hydrogen) atoms. The molecule has 2 heterocycles. The van der Waals surface area contributed by atoms with Crippen molar-refractivity contribution in [3.05, 3.63) is 0 Å². The first-order valence-corrected chi connectivity index (χ1v) is 8.15. The third kappa shape index (κ3) is 2.92. The Labute approximate surface area is 125 Å². The normalized spacial score (nSPS) is 30.5. The number of rotatable bonds is 2. The largest absolute Gasteiger partial charge is 0.392 e. The number of amides is 3. The summed E-state index contributed by atoms with van der Waals surface area (Å²) in [6, 6.07) is -0.262. The van der Waals surface area contributed by atoms with Crippen LogP contribution in [0.4, 0.5) is 4.79 Å². The van der Waals surface area contributed by atoms with Crippen LogP contribution >= 0.6 is 0 Å². The molecule has 0 aromatic rings. The zero-order valence-electron chi connectivity index (χ0n) is 12.5. The first-order chi connectivity index (χ1) is 10.1. The van der Waals surface area contributed by atoms with Crippen LogP contribution in [-0.2, 0) is 4.79 Å². The maximum atomic E-state index is 12.8. The van der Waals surface area contributed by atoms with Crippen molar-refractivity contribution in [3.8, 4) is 0 Å². The first kappa shape index (κ1) is 14.8. The highest BCUT2D eigenvalue weighted by molar-refractivity contribution is 6.07. The van der Waals surface area contributed by atoms with Gasteiger partial charge in [0.15, 0.2) is 0 Å². The van der Waals surface area contributed by atoms with Crippen molar-refractivity contribution in [1.82, 2.24) is 15.1 Å². The maximum absolute atomic E-state index is 12.8. The molecule has 3 aliphatic rings. The first-order valence-electron chi connectivity index (χ1n) is 8.15. The van der Waals surface area contributed by atoms with Gasteiger partial charge in [-0.25, -0.2) is 9.69 Å². The monoisotopic (exact) mass is 295 g/mol. The molecular weight excluding hydrogens is 270 g/mol. The molecule has 1 aliphatic carbocycles. The minimum Gasteiger partial charge on any atom is -0.392 e. The van der Waals surface area contributed by atoms with Gasteiger partial charge in [0.25, 0.3) is 5.91 Å². The number of hydrogen-bond donors (Lipinski definition) is 2. The van der Waals surface area contributed by atoms with Gasteiger partial charge in [-0.3, -0.25) is 9.69 Å². The number of aliphatic hydroxyl groups is 1. The van der Waals surface area contributed by atoms with Gasteiger partial charge in [0.1, 0.15) is 5.54 Å². The molecule has 0 bridgehead atoms. The number of carbonyl (C=O) groups excluding carboxylic acids is 2. The van der Waals surface area contributed by atoms with Crippen LogP contribution in [0.25, 0.3) is 0 Å². The van der Waals surface area contributed by atoms with Gasteiger partial charge in [-0.2, -0.15) is 0 Å². The number of nitrogens with one attached hydrogen (secondary N) is 1. The van der Waals surface area contributed by atoms with E-state index in [0.717, 1.165) is 57.9 Å². The van der Waals surface area contributed by atoms with Gasteiger partial charge in [-0.15, -0.1) is 0 Å². The highest BCUT2D eigenvalue weighted by Gasteiger charge is 2.51. The Bertz CT molecular complexity index is 418. The number of carbonyl (C=O) groups is 2. The predicted octanol–water partition coefficient (Wildman–Crippen LogP) is 1.05. The predicted molar refractivity (Wildman–Crippen MR) is 77.5 cm³/mol. The van der Waals surface area contributed by atoms with Crippen molar-refractivity contribution in [3.63, 3.8) is 0 Å². The van der Waals surface area contributed by atoms with E-state index in [4.69, 9.17) is 0 Å². The highest BCUT2D eigenvalue weighted by atomic mass is 16.3. The minimum atomic E-state index is -0.651. The van der Waals surface area contributed by atoms with E-state index in [1.54, 1.807) is 0 Å². The molecule has 6 heteroatoms. The molecule has 2 N–H and O–H groups in total. The lowest BCUT2D eigenvalue weighted by molar-refractivity contribution is -0.133. The van der Waals surface area contributed by atoms with Gasteiger partial charge in [0.2, 0.25) is 0 Å². The zero-order valence-corrected chi connectivity index (χ0v) is 12.5. The van der Waals surface area contributed by atoms with Crippen LogP contribution in [0.5, 0.6) is 0 Å². The van der Waals surface area contributed by atoms with Crippen LogP contribution in [0.3, 0.4) is 0 Å². The zero-order chi connectivity index (χ0) is 14.9. The fourth-order valence-electron chi connectivity index (χ4n) is 3.84. The SMILES string of the molecule is O=C1NC2(CCCCCC2)C(=O)N1CN1CCC[C@H](O)C1. The molecule has 2 saturated heterocycles. The summed E-state index contributed by atoms with van der Waals surface area (Å²) < 4.78 is 0. The van der Waals surface area contributed by atoms with Gasteiger partial charge in [0.05, 0.1) is 12.8 Å². The second-order valence-corrected chi connectivity index (χ2v) is 6.67. The van der Waals surface area contributed by atoms with Crippen LogP contribution < -0.4 is 5.32 Å². The average molecular weight is 295 g/mol. The van der Waals surface area contributed by atoms with Crippen molar-refractivity contribution in [1.29, 1.82) is 0 Å². The lowest BCUT2D eigenvalue weighted by atomic mass is 9.90. The summed E-state index contributed by atoms with van der Waals surface area (Å²) >= 11 is 0. The van der Waals surface area contributed by atoms with E-state index in [1.807, 2.05) is 4.90 Å². The highest BCUT2D eigenvalue weighted by Crippen LogP contribution is 2.32. The molecule has 3 rings (SSSR count). The molecule has 0 aromatic heterocycles. The van der Waals surface area contributed by atoms with Gasteiger partial charge in [-0.05, 0) is 25.7 Å². The van der Waals surface area contributed by atoms with E-state index in [1.165, 1.54) is 4.90 Å². The molecule has 1 spiro atoms. The van der Waals surface area contributed by atoms with Crippen molar-refractivity contribution in [2.24, 2.45) is 0 Å². The Morgan fingerprint density at radius 1 is 1.14 bits per heavy atom. The van der Waals surface area contributed by atoms with E-state index >= 15 is 0 Å². The fourth-order valence-corrected chi connectivity index (χ4v) is 3.84. The molecular formula is C15H25N3O3. The van der Waals surface area contributed by atoms with Crippen molar-refractivity contribution < 1.29 is 14.7 Å². The fraction of sp³-hybridized carbons (Fsp3) is 0.867. The van der Waals surface area contributed by atoms with Crippen LogP contribution in [0, 0.1) is 0 Å². The van der Waals surface area contributed by atoms with Crippen LogP contribution in [0.2, 0.25) is 0 Å². The topological polar surface area (TPSA) is 72.9 Å². The number of aliphatic hydroxyl groups excluding tert-OH is 1. The second-order valence-electron chi connectivity index (χ2n) is 6.67. The molecule has 0 radical (unpaired) electrons. The summed E-state index contributed by atoms with van der Waals surface area (Å²) in [5.41, 5.74) is -0.651. The standard InChI is InChI=1S/C15H25N3O3/c19-12-6-5-9-17(10-12)11-18-13(20)15(16-14(18)21)7-3-1-2-4-8-15/h12,19H,1-11H2,(H,16,21)/t12-/m0/s1. The summed E-state index contributed by atoms with van der Waals surface area (Å²) in [6.07, 6.45) is 7.19. The van der Waals surface area contributed by atoms with Gasteiger partial charge >= 0.3 is 6.03 Å². The number of β-amino-alcohol motifs (C(OH)–C–C–N with tert-alkyl or cyclic N) is 1. The van der Waals surface area contributed by atoms with Crippen LogP contribution in [0.1, 0.15) is 51.4 Å². The third-order valence-corrected chi connectivity index (χ3v) is 5.03. The summed E-state index contributed by atoms with van der Waals surface area (Å²) in [6.45, 7) is 1.69. The molecule has 0 aromatic carbocycles. The van der Waals surface area contributed by atoms with Crippen molar-refractivity contribution in [2.45, 2.75) is 63.0 Å². The van der Waals surface area contributed by atoms with Crippen LogP contribution in [0.15, 0.2) is 0 Å². The molecule has 6 nitrogen and oxygen atoms in total. The Balaban J connectivity index is 1.68. The molecule has 1 saturated carbocycles.